The Kier molecular flexibility index (Phi) is 11.9. The molecule has 0 fully saturated rings. The number of rotatable bonds is 13. The molecule has 0 aliphatic carbocycles. The van der Waals surface area contributed by atoms with Crippen LogP contribution in [0.1, 0.15) is 46.6 Å². The largest absolute Gasteiger partial charge is 0.480 e. The van der Waals surface area contributed by atoms with Crippen molar-refractivity contribution < 1.29 is 29.1 Å². The number of benzene rings is 1. The van der Waals surface area contributed by atoms with Crippen molar-refractivity contribution in [1.29, 1.82) is 0 Å². The lowest BCUT2D eigenvalue weighted by Crippen LogP contribution is -2.56. The summed E-state index contributed by atoms with van der Waals surface area (Å²) in [7, 11) is 0. The van der Waals surface area contributed by atoms with Gasteiger partial charge < -0.3 is 32.1 Å². The maximum Gasteiger partial charge on any atom is 0.326 e. The van der Waals surface area contributed by atoms with E-state index in [1.165, 1.54) is 20.8 Å². The van der Waals surface area contributed by atoms with Crippen LogP contribution in [-0.4, -0.2) is 64.9 Å². The first-order chi connectivity index (χ1) is 16.3. The Morgan fingerprint density at radius 2 is 1.17 bits per heavy atom. The zero-order valence-corrected chi connectivity index (χ0v) is 20.8. The summed E-state index contributed by atoms with van der Waals surface area (Å²) in [6.45, 7) is 7.96. The fourth-order valence-corrected chi connectivity index (χ4v) is 3.14. The zero-order chi connectivity index (χ0) is 26.7. The van der Waals surface area contributed by atoms with E-state index in [4.69, 9.17) is 5.73 Å². The van der Waals surface area contributed by atoms with Gasteiger partial charge in [0, 0.05) is 0 Å². The minimum atomic E-state index is -1.16. The Morgan fingerprint density at radius 1 is 0.743 bits per heavy atom. The predicted molar refractivity (Wildman–Crippen MR) is 130 cm³/mol. The first-order valence-corrected chi connectivity index (χ1v) is 11.6. The molecule has 0 aliphatic heterocycles. The molecule has 194 valence electrons. The third-order valence-corrected chi connectivity index (χ3v) is 5.21. The lowest BCUT2D eigenvalue weighted by atomic mass is 10.0. The van der Waals surface area contributed by atoms with Gasteiger partial charge in [0.05, 0.1) is 6.04 Å². The minimum Gasteiger partial charge on any atom is -0.480 e. The third-order valence-electron chi connectivity index (χ3n) is 5.21. The molecule has 1 rings (SSSR count). The van der Waals surface area contributed by atoms with Crippen molar-refractivity contribution in [3.05, 3.63) is 35.9 Å². The highest BCUT2D eigenvalue weighted by Gasteiger charge is 2.27. The fourth-order valence-electron chi connectivity index (χ4n) is 3.14. The van der Waals surface area contributed by atoms with Gasteiger partial charge >= 0.3 is 5.97 Å². The SMILES string of the molecule is CC(C)CC(NC(=O)C(C)NC(=O)C(C)NC(=O)C(C)NC(=O)C(N)Cc1ccccc1)C(=O)O. The van der Waals surface area contributed by atoms with E-state index in [0.717, 1.165) is 5.56 Å². The van der Waals surface area contributed by atoms with Crippen LogP contribution >= 0.6 is 0 Å². The van der Waals surface area contributed by atoms with Crippen LogP contribution in [0.2, 0.25) is 0 Å². The molecule has 0 spiro atoms. The predicted octanol–water partition coefficient (Wildman–Crippen LogP) is -0.314. The molecule has 5 atom stereocenters. The summed E-state index contributed by atoms with van der Waals surface area (Å²) < 4.78 is 0. The van der Waals surface area contributed by atoms with Crippen molar-refractivity contribution in [2.45, 2.75) is 77.7 Å². The molecule has 4 amide bonds. The van der Waals surface area contributed by atoms with Crippen molar-refractivity contribution in [3.8, 4) is 0 Å². The Balaban J connectivity index is 2.54. The second-order valence-corrected chi connectivity index (χ2v) is 9.02. The van der Waals surface area contributed by atoms with Crippen LogP contribution in [0.15, 0.2) is 30.3 Å². The number of amides is 4. The lowest BCUT2D eigenvalue weighted by Gasteiger charge is -2.22. The molecule has 0 heterocycles. The van der Waals surface area contributed by atoms with Crippen LogP contribution in [0.3, 0.4) is 0 Å². The van der Waals surface area contributed by atoms with Gasteiger partial charge in [-0.3, -0.25) is 19.2 Å². The van der Waals surface area contributed by atoms with Crippen molar-refractivity contribution >= 4 is 29.6 Å². The fraction of sp³-hybridized carbons (Fsp3) is 0.542. The van der Waals surface area contributed by atoms with E-state index in [2.05, 4.69) is 21.3 Å². The van der Waals surface area contributed by atoms with Crippen LogP contribution in [0, 0.1) is 5.92 Å². The molecular weight excluding hydrogens is 454 g/mol. The highest BCUT2D eigenvalue weighted by Crippen LogP contribution is 2.05. The van der Waals surface area contributed by atoms with Gasteiger partial charge in [0.1, 0.15) is 24.2 Å². The summed E-state index contributed by atoms with van der Waals surface area (Å²) >= 11 is 0. The van der Waals surface area contributed by atoms with Gasteiger partial charge in [0.25, 0.3) is 0 Å². The highest BCUT2D eigenvalue weighted by molar-refractivity contribution is 5.95. The maximum absolute atomic E-state index is 12.4. The Bertz CT molecular complexity index is 892. The molecule has 0 saturated carbocycles. The van der Waals surface area contributed by atoms with Crippen LogP contribution in [0.4, 0.5) is 0 Å². The number of nitrogens with one attached hydrogen (secondary N) is 4. The van der Waals surface area contributed by atoms with Gasteiger partial charge in [0.15, 0.2) is 0 Å². The first kappa shape index (κ1) is 29.6. The van der Waals surface area contributed by atoms with E-state index in [-0.39, 0.29) is 12.3 Å². The molecule has 5 unspecified atom stereocenters. The average Bonchev–Trinajstić information content (AvgIpc) is 2.78. The minimum absolute atomic E-state index is 0.0481. The second kappa shape index (κ2) is 14.1. The molecule has 0 bridgehead atoms. The molecule has 11 heteroatoms. The van der Waals surface area contributed by atoms with E-state index in [1.807, 2.05) is 44.2 Å². The number of carboxylic acids is 1. The summed E-state index contributed by atoms with van der Waals surface area (Å²) in [5.41, 5.74) is 6.81. The summed E-state index contributed by atoms with van der Waals surface area (Å²) in [6.07, 6.45) is 0.548. The average molecular weight is 492 g/mol. The van der Waals surface area contributed by atoms with E-state index >= 15 is 0 Å². The first-order valence-electron chi connectivity index (χ1n) is 11.6. The molecule has 7 N–H and O–H groups in total. The lowest BCUT2D eigenvalue weighted by molar-refractivity contribution is -0.142. The standard InChI is InChI=1S/C24H37N5O6/c1-13(2)11-19(24(34)35)29-22(32)16(5)27-20(30)14(3)26-21(31)15(4)28-23(33)18(25)12-17-9-7-6-8-10-17/h6-10,13-16,18-19H,11-12,25H2,1-5H3,(H,26,31)(H,27,30)(H,28,33)(H,29,32)(H,34,35). The van der Waals surface area contributed by atoms with Crippen LogP contribution < -0.4 is 27.0 Å². The van der Waals surface area contributed by atoms with E-state index < -0.39 is 59.8 Å². The highest BCUT2D eigenvalue weighted by atomic mass is 16.4. The molecule has 1 aromatic rings. The quantitative estimate of drug-likeness (QED) is 0.219. The van der Waals surface area contributed by atoms with Crippen LogP contribution in [0.5, 0.6) is 0 Å². The van der Waals surface area contributed by atoms with Gasteiger partial charge in [-0.25, -0.2) is 4.79 Å². The Morgan fingerprint density at radius 3 is 1.60 bits per heavy atom. The van der Waals surface area contributed by atoms with Gasteiger partial charge in [-0.2, -0.15) is 0 Å². The summed E-state index contributed by atoms with van der Waals surface area (Å²) in [5.74, 6) is -3.52. The number of nitrogens with two attached hydrogens (primary N) is 1. The number of aliphatic carboxylic acids is 1. The van der Waals surface area contributed by atoms with Crippen molar-refractivity contribution in [2.75, 3.05) is 0 Å². The topological polar surface area (TPSA) is 180 Å². The van der Waals surface area contributed by atoms with E-state index in [9.17, 15) is 29.1 Å². The molecule has 0 aromatic heterocycles. The van der Waals surface area contributed by atoms with Crippen LogP contribution in [0.25, 0.3) is 0 Å². The van der Waals surface area contributed by atoms with Crippen LogP contribution in [-0.2, 0) is 30.4 Å². The number of carbonyl (C=O) groups is 5. The summed E-state index contributed by atoms with van der Waals surface area (Å²) in [4.78, 5) is 60.8. The maximum atomic E-state index is 12.4. The normalized spacial score (nSPS) is 15.2. The van der Waals surface area contributed by atoms with Crippen molar-refractivity contribution in [3.63, 3.8) is 0 Å². The molecule has 1 aromatic carbocycles. The number of hydrogen-bond acceptors (Lipinski definition) is 6. The number of hydrogen-bond donors (Lipinski definition) is 6. The molecule has 0 saturated heterocycles. The van der Waals surface area contributed by atoms with Gasteiger partial charge in [-0.1, -0.05) is 44.2 Å². The van der Waals surface area contributed by atoms with Gasteiger partial charge in [0.2, 0.25) is 23.6 Å². The molecular formula is C24H37N5O6. The molecule has 11 nitrogen and oxygen atoms in total. The Hall–Kier alpha value is -3.47. The molecule has 0 aliphatic rings. The van der Waals surface area contributed by atoms with Crippen molar-refractivity contribution in [1.82, 2.24) is 21.3 Å². The monoisotopic (exact) mass is 491 g/mol. The summed E-state index contributed by atoms with van der Waals surface area (Å²) in [5, 5.41) is 19.1. The van der Waals surface area contributed by atoms with E-state index in [1.54, 1.807) is 0 Å². The Labute approximate surface area is 205 Å². The van der Waals surface area contributed by atoms with Gasteiger partial charge in [-0.15, -0.1) is 0 Å². The van der Waals surface area contributed by atoms with Gasteiger partial charge in [-0.05, 0) is 45.1 Å². The zero-order valence-electron chi connectivity index (χ0n) is 20.8. The molecule has 0 radical (unpaired) electrons. The number of carboxylic acid groups (broad SMARTS) is 1. The van der Waals surface area contributed by atoms with Crippen molar-refractivity contribution in [2.24, 2.45) is 11.7 Å². The van der Waals surface area contributed by atoms with E-state index in [0.29, 0.717) is 6.42 Å². The molecule has 35 heavy (non-hydrogen) atoms. The third kappa shape index (κ3) is 10.6. The summed E-state index contributed by atoms with van der Waals surface area (Å²) in [6, 6.07) is 4.30. The number of carbonyl (C=O) groups excluding carboxylic acids is 4. The second-order valence-electron chi connectivity index (χ2n) is 9.02. The smallest absolute Gasteiger partial charge is 0.326 e.